The van der Waals surface area contributed by atoms with Gasteiger partial charge in [0, 0.05) is 12.5 Å². The lowest BCUT2D eigenvalue weighted by Gasteiger charge is -2.32. The maximum absolute atomic E-state index is 13.2. The number of rotatable bonds is 9. The first-order valence-electron chi connectivity index (χ1n) is 6.21. The van der Waals surface area contributed by atoms with E-state index in [-0.39, 0.29) is 6.08 Å². The maximum atomic E-state index is 13.2. The Morgan fingerprint density at radius 1 is 1.20 bits per heavy atom. The van der Waals surface area contributed by atoms with Gasteiger partial charge in [0.05, 0.1) is 13.2 Å². The van der Waals surface area contributed by atoms with Gasteiger partial charge in [-0.2, -0.15) is 22.0 Å². The average molecular weight is 399 g/mol. The summed E-state index contributed by atoms with van der Waals surface area (Å²) in [4.78, 5) is 22.6. The summed E-state index contributed by atoms with van der Waals surface area (Å²) in [5.74, 6) is -8.56. The molecule has 25 heavy (non-hydrogen) atoms. The minimum absolute atomic E-state index is 0.222. The summed E-state index contributed by atoms with van der Waals surface area (Å²) >= 11 is 0. The molecule has 0 saturated carbocycles. The van der Waals surface area contributed by atoms with Gasteiger partial charge in [0.1, 0.15) is 0 Å². The molecule has 146 valence electrons. The summed E-state index contributed by atoms with van der Waals surface area (Å²) < 4.78 is 108. The summed E-state index contributed by atoms with van der Waals surface area (Å²) in [5, 5.41) is -4.98. The van der Waals surface area contributed by atoms with Crippen molar-refractivity contribution in [1.82, 2.24) is 0 Å². The van der Waals surface area contributed by atoms with Crippen molar-refractivity contribution in [2.45, 2.75) is 30.6 Å². The van der Waals surface area contributed by atoms with Gasteiger partial charge in [0.25, 0.3) is 0 Å². The van der Waals surface area contributed by atoms with E-state index in [4.69, 9.17) is 0 Å². The van der Waals surface area contributed by atoms with Crippen LogP contribution in [0.3, 0.4) is 0 Å². The number of hydrogen-bond donors (Lipinski definition) is 0. The molecule has 0 amide bonds. The topological polar surface area (TPSA) is 119 Å². The van der Waals surface area contributed by atoms with E-state index in [0.717, 1.165) is 6.92 Å². The molecule has 0 aliphatic carbocycles. The summed E-state index contributed by atoms with van der Waals surface area (Å²) in [5.41, 5.74) is 0. The third-order valence-corrected chi connectivity index (χ3v) is 3.33. The first kappa shape index (κ1) is 23.2. The summed E-state index contributed by atoms with van der Waals surface area (Å²) in [6, 6.07) is 0. The second-order valence-electron chi connectivity index (χ2n) is 4.15. The fourth-order valence-electron chi connectivity index (χ4n) is 1.23. The van der Waals surface area contributed by atoms with Crippen molar-refractivity contribution in [3.05, 3.63) is 12.7 Å². The van der Waals surface area contributed by atoms with Gasteiger partial charge in [-0.3, -0.25) is 0 Å². The SMILES string of the molecule is C=CC(=O)OC(OCCC(F)(F)S(=O)(=O)[O-])(C(=O)OCC)C(F)(F)F. The van der Waals surface area contributed by atoms with E-state index in [9.17, 15) is 44.5 Å². The van der Waals surface area contributed by atoms with Crippen molar-refractivity contribution in [1.29, 1.82) is 0 Å². The average Bonchev–Trinajstić information content (AvgIpc) is 2.43. The highest BCUT2D eigenvalue weighted by molar-refractivity contribution is 7.86. The molecule has 0 aliphatic rings. The molecule has 0 aromatic carbocycles. The number of hydrogen-bond acceptors (Lipinski definition) is 8. The molecule has 0 spiro atoms. The predicted molar refractivity (Wildman–Crippen MR) is 66.9 cm³/mol. The molecule has 0 heterocycles. The molecule has 0 aromatic rings. The lowest BCUT2D eigenvalue weighted by atomic mass is 10.2. The summed E-state index contributed by atoms with van der Waals surface area (Å²) in [7, 11) is -6.20. The third kappa shape index (κ3) is 5.61. The first-order valence-corrected chi connectivity index (χ1v) is 7.62. The summed E-state index contributed by atoms with van der Waals surface area (Å²) in [6.45, 7) is 1.46. The standard InChI is InChI=1S/C11H13F5O8S/c1-3-7(17)24-10(11(14,15)16,8(18)22-4-2)23-6-5-9(12,13)25(19,20)21/h3H,1,4-6H2,2H3,(H,19,20,21)/p-1. The van der Waals surface area contributed by atoms with Crippen molar-refractivity contribution in [2.24, 2.45) is 0 Å². The van der Waals surface area contributed by atoms with Crippen LogP contribution < -0.4 is 0 Å². The van der Waals surface area contributed by atoms with E-state index < -0.39 is 58.9 Å². The Hall–Kier alpha value is -1.80. The highest BCUT2D eigenvalue weighted by Crippen LogP contribution is 2.37. The molecule has 1 atom stereocenters. The monoisotopic (exact) mass is 399 g/mol. The zero-order chi connectivity index (χ0) is 20.1. The van der Waals surface area contributed by atoms with Gasteiger partial charge in [-0.1, -0.05) is 6.58 Å². The van der Waals surface area contributed by atoms with Crippen LogP contribution in [0.5, 0.6) is 0 Å². The van der Waals surface area contributed by atoms with Gasteiger partial charge in [-0.15, -0.1) is 0 Å². The molecule has 0 saturated heterocycles. The number of esters is 2. The molecule has 0 radical (unpaired) electrons. The molecular formula is C11H12F5O8S-. The number of alkyl halides is 5. The molecule has 0 aromatic heterocycles. The van der Waals surface area contributed by atoms with Crippen molar-refractivity contribution in [3.63, 3.8) is 0 Å². The van der Waals surface area contributed by atoms with E-state index in [0.29, 0.717) is 0 Å². The summed E-state index contributed by atoms with van der Waals surface area (Å²) in [6.07, 6.45) is -7.61. The Morgan fingerprint density at radius 3 is 2.08 bits per heavy atom. The number of carbonyl (C=O) groups excluding carboxylic acids is 2. The molecule has 0 rings (SSSR count). The fourth-order valence-corrected chi connectivity index (χ4v) is 1.57. The number of ether oxygens (including phenoxy) is 3. The fraction of sp³-hybridized carbons (Fsp3) is 0.636. The van der Waals surface area contributed by atoms with Crippen molar-refractivity contribution >= 4 is 22.1 Å². The third-order valence-electron chi connectivity index (χ3n) is 2.39. The lowest BCUT2D eigenvalue weighted by Crippen LogP contribution is -2.58. The van der Waals surface area contributed by atoms with Gasteiger partial charge >= 0.3 is 29.2 Å². The normalized spacial score (nSPS) is 15.2. The highest BCUT2D eigenvalue weighted by atomic mass is 32.2. The Morgan fingerprint density at radius 2 is 1.72 bits per heavy atom. The van der Waals surface area contributed by atoms with Gasteiger partial charge in [0.15, 0.2) is 10.1 Å². The molecule has 14 heteroatoms. The Kier molecular flexibility index (Phi) is 7.47. The molecule has 0 aliphatic heterocycles. The van der Waals surface area contributed by atoms with E-state index in [1.165, 1.54) is 0 Å². The molecule has 0 N–H and O–H groups in total. The van der Waals surface area contributed by atoms with Crippen molar-refractivity contribution < 1.29 is 58.7 Å². The molecule has 0 bridgehead atoms. The van der Waals surface area contributed by atoms with Gasteiger partial charge in [-0.05, 0) is 6.92 Å². The zero-order valence-electron chi connectivity index (χ0n) is 12.5. The van der Waals surface area contributed by atoms with E-state index in [2.05, 4.69) is 20.8 Å². The van der Waals surface area contributed by atoms with Crippen LogP contribution in [0.25, 0.3) is 0 Å². The first-order chi connectivity index (χ1) is 11.1. The van der Waals surface area contributed by atoms with Gasteiger partial charge in [0.2, 0.25) is 0 Å². The Balaban J connectivity index is 5.68. The van der Waals surface area contributed by atoms with Crippen molar-refractivity contribution in [3.8, 4) is 0 Å². The second kappa shape index (κ2) is 8.05. The molecule has 8 nitrogen and oxygen atoms in total. The number of halogens is 5. The van der Waals surface area contributed by atoms with Gasteiger partial charge in [-0.25, -0.2) is 18.0 Å². The van der Waals surface area contributed by atoms with Crippen LogP contribution in [-0.4, -0.2) is 55.3 Å². The van der Waals surface area contributed by atoms with Crippen LogP contribution in [0.2, 0.25) is 0 Å². The van der Waals surface area contributed by atoms with Gasteiger partial charge < -0.3 is 18.8 Å². The molecule has 1 unspecified atom stereocenters. The lowest BCUT2D eigenvalue weighted by molar-refractivity contribution is -0.355. The van der Waals surface area contributed by atoms with Crippen LogP contribution >= 0.6 is 0 Å². The smallest absolute Gasteiger partial charge is 0.468 e. The Bertz CT molecular complexity index is 614. The van der Waals surface area contributed by atoms with Crippen LogP contribution in [0.4, 0.5) is 22.0 Å². The van der Waals surface area contributed by atoms with Crippen LogP contribution in [-0.2, 0) is 33.9 Å². The Labute approximate surface area is 138 Å². The number of carbonyl (C=O) groups is 2. The minimum Gasteiger partial charge on any atom is -0.743 e. The minimum atomic E-state index is -6.20. The molecular weight excluding hydrogens is 387 g/mol. The van der Waals surface area contributed by atoms with E-state index in [1.54, 1.807) is 0 Å². The van der Waals surface area contributed by atoms with Crippen molar-refractivity contribution in [2.75, 3.05) is 13.2 Å². The highest BCUT2D eigenvalue weighted by Gasteiger charge is 2.67. The second-order valence-corrected chi connectivity index (χ2v) is 5.66. The van der Waals surface area contributed by atoms with E-state index in [1.807, 2.05) is 0 Å². The zero-order valence-corrected chi connectivity index (χ0v) is 13.3. The van der Waals surface area contributed by atoms with E-state index >= 15 is 0 Å². The van der Waals surface area contributed by atoms with Crippen LogP contribution in [0.15, 0.2) is 12.7 Å². The maximum Gasteiger partial charge on any atom is 0.468 e. The van der Waals surface area contributed by atoms with Crippen LogP contribution in [0, 0.1) is 0 Å². The molecule has 0 fully saturated rings. The largest absolute Gasteiger partial charge is 0.743 e. The quantitative estimate of drug-likeness (QED) is 0.186. The predicted octanol–water partition coefficient (Wildman–Crippen LogP) is 1.08. The van der Waals surface area contributed by atoms with Crippen LogP contribution in [0.1, 0.15) is 13.3 Å².